The van der Waals surface area contributed by atoms with Crippen LogP contribution in [-0.4, -0.2) is 43.9 Å². The molecule has 0 aliphatic carbocycles. The Hall–Kier alpha value is 2.38. The molecule has 0 aliphatic heterocycles. The van der Waals surface area contributed by atoms with E-state index in [1.165, 1.54) is 0 Å². The number of carboxylic acids is 3. The largest absolute Gasteiger partial charge is 1.00 e. The fourth-order valence-corrected chi connectivity index (χ4v) is 0.949. The maximum Gasteiger partial charge on any atom is 1.00 e. The van der Waals surface area contributed by atoms with Crippen molar-refractivity contribution >= 4 is 27.1 Å². The van der Waals surface area contributed by atoms with Gasteiger partial charge in [0.1, 0.15) is 0 Å². The van der Waals surface area contributed by atoms with Gasteiger partial charge in [-0.05, 0) is 0 Å². The molecule has 1 radical (unpaired) electrons. The van der Waals surface area contributed by atoms with E-state index in [0.717, 1.165) is 0 Å². The van der Waals surface area contributed by atoms with Crippen LogP contribution in [0.15, 0.2) is 0 Å². The van der Waals surface area contributed by atoms with Crippen molar-refractivity contribution in [2.75, 3.05) is 0 Å². The van der Waals surface area contributed by atoms with Gasteiger partial charge in [0.25, 0.3) is 5.09 Å². The quantitative estimate of drug-likeness (QED) is 0.138. The van der Waals surface area contributed by atoms with Gasteiger partial charge in [-0.25, -0.2) is 4.79 Å². The van der Waals surface area contributed by atoms with E-state index in [2.05, 4.69) is 14.0 Å². The minimum Gasteiger partial charge on any atom is -1.00 e. The van der Waals surface area contributed by atoms with E-state index in [4.69, 9.17) is 15.3 Å². The van der Waals surface area contributed by atoms with Crippen molar-refractivity contribution in [2.45, 2.75) is 18.4 Å². The van der Waals surface area contributed by atoms with Crippen LogP contribution in [-0.2, 0) is 61.6 Å². The molecule has 0 heterocycles. The zero-order chi connectivity index (χ0) is 14.9. The van der Waals surface area contributed by atoms with Crippen molar-refractivity contribution in [1.29, 1.82) is 0 Å². The maximum absolute atomic E-state index is 10.7. The summed E-state index contributed by atoms with van der Waals surface area (Å²) in [6.45, 7) is 0. The van der Waals surface area contributed by atoms with Gasteiger partial charge < -0.3 is 19.6 Å². The molecule has 0 aromatic heterocycles. The van der Waals surface area contributed by atoms with Crippen LogP contribution in [0.5, 0.6) is 0 Å². The Morgan fingerprint density at radius 2 is 1.36 bits per heavy atom. The van der Waals surface area contributed by atoms with Gasteiger partial charge in [-0.15, -0.1) is 10.1 Å². The van der Waals surface area contributed by atoms with Crippen molar-refractivity contribution in [3.8, 4) is 0 Å². The third-order valence-electron chi connectivity index (χ3n) is 1.51. The molecule has 0 atom stereocenters. The van der Waals surface area contributed by atoms with Crippen LogP contribution in [0.1, 0.15) is 17.1 Å². The third-order valence-corrected chi connectivity index (χ3v) is 1.51. The van der Waals surface area contributed by atoms with Crippen LogP contribution in [0.4, 0.5) is 0 Å². The Labute approximate surface area is 227 Å². The average molecular weight is 649 g/mol. The molecule has 0 spiro atoms. The van der Waals surface area contributed by atoms with Gasteiger partial charge in [0, 0.05) is 22.4 Å². The second-order valence-corrected chi connectivity index (χ2v) is 2.76. The smallest absolute Gasteiger partial charge is 1.00 e. The Morgan fingerprint density at radius 1 is 1.09 bits per heavy atom. The van der Waals surface area contributed by atoms with E-state index in [9.17, 15) is 24.5 Å². The number of hydrogen-bond acceptors (Lipinski definition) is 6. The molecule has 0 saturated carbocycles. The van der Waals surface area contributed by atoms with Crippen LogP contribution in [0.25, 0.3) is 0 Å². The standard InChI is InChI=1S/C6H7NO9.Ag.Au.ClH.3Na.3H/c8-3(9)1-6(5(12)13,2-4(10)11)16-7(14)15;;;;;;;;;/h1-2H2,(H,8,9)(H,10,11)(H,12,13);;;1H;;;;;;/q;;+1;;3*+1;3*-1/p-1. The van der Waals surface area contributed by atoms with Crippen LogP contribution in [0.3, 0.4) is 0 Å². The van der Waals surface area contributed by atoms with E-state index in [1.54, 1.807) is 20.0 Å². The van der Waals surface area contributed by atoms with Gasteiger partial charge in [0.05, 0.1) is 12.8 Å². The number of halogens is 1. The summed E-state index contributed by atoms with van der Waals surface area (Å²) in [5.41, 5.74) is -2.92. The van der Waals surface area contributed by atoms with Gasteiger partial charge in [-0.1, -0.05) is 0 Å². The van der Waals surface area contributed by atoms with Gasteiger partial charge in [-0.3, -0.25) is 14.4 Å². The van der Waals surface area contributed by atoms with E-state index >= 15 is 0 Å². The summed E-state index contributed by atoms with van der Waals surface area (Å²) < 4.78 is 0. The van der Waals surface area contributed by atoms with Crippen LogP contribution in [0, 0.1) is 10.1 Å². The molecule has 0 rings (SSSR count). The first kappa shape index (κ1) is 39.4. The molecule has 0 amide bonds. The number of carbonyl (C=O) groups is 3. The zero-order valence-electron chi connectivity index (χ0n) is 14.6. The van der Waals surface area contributed by atoms with Crippen molar-refractivity contribution in [3.63, 3.8) is 0 Å². The van der Waals surface area contributed by atoms with Gasteiger partial charge in [0.2, 0.25) is 5.60 Å². The van der Waals surface area contributed by atoms with Crippen molar-refractivity contribution < 1.29 is 175 Å². The second-order valence-electron chi connectivity index (χ2n) is 2.76. The normalized spacial score (nSPS) is 7.95. The molecule has 10 nitrogen and oxygen atoms in total. The molecule has 16 heteroatoms. The molecule has 0 saturated heterocycles. The summed E-state index contributed by atoms with van der Waals surface area (Å²) in [4.78, 5) is 45.0. The Bertz CT molecular complexity index is 337. The molecule has 125 valence electrons. The summed E-state index contributed by atoms with van der Waals surface area (Å²) in [5, 5.41) is 33.8. The molecule has 0 aliphatic rings. The second kappa shape index (κ2) is 21.4. The topological polar surface area (TPSA) is 164 Å². The number of hydrogen-bond donors (Lipinski definition) is 3. The molecule has 0 bridgehead atoms. The maximum atomic E-state index is 10.7. The van der Waals surface area contributed by atoms with E-state index < -0.39 is 41.4 Å². The fraction of sp³-hybridized carbons (Fsp3) is 0.500. The summed E-state index contributed by atoms with van der Waals surface area (Å²) >= 11 is 1.75. The summed E-state index contributed by atoms with van der Waals surface area (Å²) in [6.07, 6.45) is -2.68. The van der Waals surface area contributed by atoms with Crippen molar-refractivity contribution in [2.24, 2.45) is 0 Å². The first-order chi connectivity index (χ1) is 8.19. The summed E-state index contributed by atoms with van der Waals surface area (Å²) in [6, 6.07) is 0. The summed E-state index contributed by atoms with van der Waals surface area (Å²) in [7, 11) is 4.58. The van der Waals surface area contributed by atoms with Gasteiger partial charge in [0.15, 0.2) is 0 Å². The monoisotopic (exact) mass is 648 g/mol. The molecular formula is C6H10AgAuClNNa3O9. The predicted molar refractivity (Wildman–Crippen MR) is 52.1 cm³/mol. The van der Waals surface area contributed by atoms with Crippen molar-refractivity contribution in [3.05, 3.63) is 10.1 Å². The Balaban J connectivity index is -0.0000000391. The SMILES string of the molecule is O=C(O)CC(CC(=O)O)(O[N+](=O)[O-])C(=O)O.[Ag].[Cl][Au].[H-].[H-].[H-].[Na+].[Na+].[Na+]. The Morgan fingerprint density at radius 3 is 1.50 bits per heavy atom. The molecule has 22 heavy (non-hydrogen) atoms. The van der Waals surface area contributed by atoms with Crippen LogP contribution in [0.2, 0.25) is 0 Å². The van der Waals surface area contributed by atoms with E-state index in [0.29, 0.717) is 0 Å². The fourth-order valence-electron chi connectivity index (χ4n) is 0.949. The van der Waals surface area contributed by atoms with Gasteiger partial charge >= 0.3 is 136 Å². The molecule has 0 aromatic rings. The molecule has 0 fully saturated rings. The van der Waals surface area contributed by atoms with Crippen LogP contribution < -0.4 is 88.7 Å². The third kappa shape index (κ3) is 18.7. The van der Waals surface area contributed by atoms with E-state index in [-0.39, 0.29) is 115 Å². The first-order valence-electron chi connectivity index (χ1n) is 3.81. The number of carboxylic acid groups (broad SMARTS) is 3. The predicted octanol–water partition coefficient (Wildman–Crippen LogP) is -9.00. The van der Waals surface area contributed by atoms with Crippen molar-refractivity contribution in [1.82, 2.24) is 0 Å². The number of nitrogens with zero attached hydrogens (tertiary/aromatic N) is 1. The Kier molecular flexibility index (Phi) is 38.4. The van der Waals surface area contributed by atoms with Crippen LogP contribution >= 0.6 is 9.19 Å². The average Bonchev–Trinajstić information content (AvgIpc) is 2.16. The first-order valence-corrected chi connectivity index (χ1v) is 6.50. The minimum absolute atomic E-state index is 0. The minimum atomic E-state index is -2.92. The molecule has 3 N–H and O–H groups in total. The zero-order valence-corrected chi connectivity index (χ0v) is 22.0. The molecule has 0 unspecified atom stereocenters. The van der Waals surface area contributed by atoms with Gasteiger partial charge in [-0.2, -0.15) is 0 Å². The summed E-state index contributed by atoms with van der Waals surface area (Å²) in [5.74, 6) is -5.50. The number of rotatable bonds is 7. The molecule has 0 aromatic carbocycles. The number of aliphatic carboxylic acids is 3. The molecular weight excluding hydrogens is 639 g/mol. The van der Waals surface area contributed by atoms with E-state index in [1.807, 2.05) is 0 Å².